The Kier molecular flexibility index (Phi) is 4.12. The molecular weight excluding hydrogens is 152 g/mol. The van der Waals surface area contributed by atoms with Gasteiger partial charge in [-0.05, 0) is 0 Å². The molecule has 0 atom stereocenters. The van der Waals surface area contributed by atoms with Gasteiger partial charge in [0.1, 0.15) is 12.1 Å². The second kappa shape index (κ2) is 5.24. The van der Waals surface area contributed by atoms with Crippen LogP contribution in [-0.2, 0) is 0 Å². The van der Waals surface area contributed by atoms with Crippen LogP contribution in [0.5, 0.6) is 0 Å². The van der Waals surface area contributed by atoms with E-state index in [0.29, 0.717) is 0 Å². The molecule has 0 rings (SSSR count). The maximum Gasteiger partial charge on any atom is 0.101 e. The minimum absolute atomic E-state index is 0.0958. The van der Waals surface area contributed by atoms with Gasteiger partial charge in [0, 0.05) is 12.2 Å². The predicted octanol–water partition coefficient (Wildman–Crippen LogP) is 0.934. The van der Waals surface area contributed by atoms with Crippen molar-refractivity contribution >= 4 is 0 Å². The summed E-state index contributed by atoms with van der Waals surface area (Å²) in [5.41, 5.74) is -0.192. The van der Waals surface area contributed by atoms with Gasteiger partial charge in [0.15, 0.2) is 0 Å². The van der Waals surface area contributed by atoms with Crippen LogP contribution in [-0.4, -0.2) is 0 Å². The zero-order valence-corrected chi connectivity index (χ0v) is 5.94. The normalized spacial score (nSPS) is 10.3. The fourth-order valence-electron chi connectivity index (χ4n) is 0.470. The van der Waals surface area contributed by atoms with Crippen LogP contribution < -0.4 is 0 Å². The largest absolute Gasteiger partial charge is 0.193 e. The molecule has 0 aromatic heterocycles. The summed E-state index contributed by atoms with van der Waals surface area (Å²) in [4.78, 5) is 0. The highest BCUT2D eigenvalue weighted by Crippen LogP contribution is 2.06. The quantitative estimate of drug-likeness (QED) is 0.414. The van der Waals surface area contributed by atoms with Crippen LogP contribution in [0.1, 0.15) is 0 Å². The first-order chi connectivity index (χ1) is 5.79. The molecule has 0 saturated heterocycles. The monoisotopic (exact) mass is 154 g/mol. The van der Waals surface area contributed by atoms with Crippen molar-refractivity contribution in [2.75, 3.05) is 0 Å². The summed E-state index contributed by atoms with van der Waals surface area (Å²) in [5, 5.41) is 33.2. The molecule has 0 fully saturated rings. The van der Waals surface area contributed by atoms with Crippen molar-refractivity contribution in [1.29, 1.82) is 21.0 Å². The average molecular weight is 154 g/mol. The van der Waals surface area contributed by atoms with Crippen molar-refractivity contribution in [3.05, 3.63) is 23.3 Å². The highest BCUT2D eigenvalue weighted by Gasteiger charge is 2.01. The van der Waals surface area contributed by atoms with E-state index in [2.05, 4.69) is 0 Å². The molecule has 4 heteroatoms. The molecule has 0 unspecified atom stereocenters. The van der Waals surface area contributed by atoms with Crippen molar-refractivity contribution in [3.8, 4) is 24.3 Å². The Morgan fingerprint density at radius 3 is 1.25 bits per heavy atom. The molecule has 54 valence electrons. The van der Waals surface area contributed by atoms with Crippen LogP contribution in [0.2, 0.25) is 0 Å². The molecule has 0 aliphatic rings. The summed E-state index contributed by atoms with van der Waals surface area (Å²) in [6.07, 6.45) is 1.85. The Morgan fingerprint density at radius 1 is 0.750 bits per heavy atom. The van der Waals surface area contributed by atoms with E-state index >= 15 is 0 Å². The van der Waals surface area contributed by atoms with Gasteiger partial charge in [-0.1, -0.05) is 0 Å². The van der Waals surface area contributed by atoms with Crippen LogP contribution in [0.15, 0.2) is 23.3 Å². The molecule has 12 heavy (non-hydrogen) atoms. The summed E-state index contributed by atoms with van der Waals surface area (Å²) in [5.74, 6) is 0. The van der Waals surface area contributed by atoms with Gasteiger partial charge in [-0.2, -0.15) is 21.0 Å². The summed E-state index contributed by atoms with van der Waals surface area (Å²) in [6.45, 7) is 0. The van der Waals surface area contributed by atoms with Crippen molar-refractivity contribution in [2.45, 2.75) is 0 Å². The molecule has 4 nitrogen and oxygen atoms in total. The first-order valence-corrected chi connectivity index (χ1v) is 2.80. The molecule has 0 aliphatic carbocycles. The summed E-state index contributed by atoms with van der Waals surface area (Å²) >= 11 is 0. The van der Waals surface area contributed by atoms with Gasteiger partial charge >= 0.3 is 0 Å². The van der Waals surface area contributed by atoms with E-state index in [4.69, 9.17) is 21.0 Å². The van der Waals surface area contributed by atoms with E-state index in [0.717, 1.165) is 12.2 Å². The lowest BCUT2D eigenvalue weighted by atomic mass is 10.1. The number of allylic oxidation sites excluding steroid dienone is 4. The Labute approximate surface area is 69.5 Å². The predicted molar refractivity (Wildman–Crippen MR) is 38.6 cm³/mol. The van der Waals surface area contributed by atoms with Gasteiger partial charge in [-0.25, -0.2) is 0 Å². The molecule has 0 radical (unpaired) electrons. The van der Waals surface area contributed by atoms with E-state index in [9.17, 15) is 0 Å². The Hall–Kier alpha value is -2.56. The summed E-state index contributed by atoms with van der Waals surface area (Å²) in [6, 6.07) is 6.48. The fourth-order valence-corrected chi connectivity index (χ4v) is 0.470. The molecule has 0 bridgehead atoms. The van der Waals surface area contributed by atoms with Crippen LogP contribution in [0.25, 0.3) is 0 Å². The number of rotatable bonds is 1. The summed E-state index contributed by atoms with van der Waals surface area (Å²) in [7, 11) is 0. The molecule has 0 aliphatic heterocycles. The van der Waals surface area contributed by atoms with Crippen molar-refractivity contribution in [2.24, 2.45) is 0 Å². The number of nitrogens with zero attached hydrogens (tertiary/aromatic N) is 4. The van der Waals surface area contributed by atoms with E-state index in [-0.39, 0.29) is 11.1 Å². The van der Waals surface area contributed by atoms with E-state index in [1.165, 1.54) is 0 Å². The molecule has 0 saturated carbocycles. The van der Waals surface area contributed by atoms with E-state index < -0.39 is 0 Å². The van der Waals surface area contributed by atoms with Gasteiger partial charge in [0.05, 0.1) is 23.3 Å². The second-order valence-electron chi connectivity index (χ2n) is 1.60. The molecule has 0 aromatic carbocycles. The van der Waals surface area contributed by atoms with Gasteiger partial charge in [-0.3, -0.25) is 0 Å². The van der Waals surface area contributed by atoms with Crippen molar-refractivity contribution in [1.82, 2.24) is 0 Å². The van der Waals surface area contributed by atoms with Crippen molar-refractivity contribution < 1.29 is 0 Å². The van der Waals surface area contributed by atoms with Gasteiger partial charge in [0.25, 0.3) is 0 Å². The smallest absolute Gasteiger partial charge is 0.101 e. The maximum absolute atomic E-state index is 8.41. The van der Waals surface area contributed by atoms with Crippen LogP contribution >= 0.6 is 0 Å². The second-order valence-corrected chi connectivity index (χ2v) is 1.60. The Balaban J connectivity index is 5.09. The topological polar surface area (TPSA) is 95.2 Å². The van der Waals surface area contributed by atoms with Crippen LogP contribution in [0, 0.1) is 45.3 Å². The van der Waals surface area contributed by atoms with E-state index in [1.54, 1.807) is 24.3 Å². The lowest BCUT2D eigenvalue weighted by Crippen LogP contribution is -1.82. The van der Waals surface area contributed by atoms with Crippen molar-refractivity contribution in [3.63, 3.8) is 0 Å². The SMILES string of the molecule is N#C/C=C(C#N)/C(C#N)=C/C#N. The van der Waals surface area contributed by atoms with Gasteiger partial charge in [-0.15, -0.1) is 0 Å². The Morgan fingerprint density at radius 2 is 1.08 bits per heavy atom. The molecule has 0 heterocycles. The first kappa shape index (κ1) is 9.44. The minimum Gasteiger partial charge on any atom is -0.193 e. The maximum atomic E-state index is 8.41. The highest BCUT2D eigenvalue weighted by molar-refractivity contribution is 5.53. The zero-order valence-electron chi connectivity index (χ0n) is 5.94. The molecule has 0 aromatic rings. The molecule has 0 N–H and O–H groups in total. The highest BCUT2D eigenvalue weighted by atomic mass is 14.3. The molecule has 0 spiro atoms. The van der Waals surface area contributed by atoms with Crippen LogP contribution in [0.4, 0.5) is 0 Å². The van der Waals surface area contributed by atoms with E-state index in [1.807, 2.05) is 0 Å². The standard InChI is InChI=1S/C8H2N4/c9-3-1-7(5-11)8(6-12)2-4-10/h1-2H/b7-1+,8-2+. The Bertz CT molecular complexity index is 347. The fraction of sp³-hybridized carbons (Fsp3) is 0. The number of hydrogen-bond acceptors (Lipinski definition) is 4. The average Bonchev–Trinajstić information content (AvgIpc) is 2.11. The van der Waals surface area contributed by atoms with Gasteiger partial charge < -0.3 is 0 Å². The minimum atomic E-state index is -0.0958. The first-order valence-electron chi connectivity index (χ1n) is 2.80. The molecular formula is C8H2N4. The number of hydrogen-bond donors (Lipinski definition) is 0. The lowest BCUT2D eigenvalue weighted by Gasteiger charge is -1.86. The molecule has 0 amide bonds. The summed E-state index contributed by atoms with van der Waals surface area (Å²) < 4.78 is 0. The third-order valence-electron chi connectivity index (χ3n) is 0.949. The number of nitriles is 4. The van der Waals surface area contributed by atoms with Crippen LogP contribution in [0.3, 0.4) is 0 Å². The lowest BCUT2D eigenvalue weighted by molar-refractivity contribution is 1.42. The third kappa shape index (κ3) is 2.36. The van der Waals surface area contributed by atoms with Gasteiger partial charge in [0.2, 0.25) is 0 Å². The zero-order chi connectivity index (χ0) is 9.40. The third-order valence-corrected chi connectivity index (χ3v) is 0.949.